The zero-order valence-electron chi connectivity index (χ0n) is 35.2. The maximum absolute atomic E-state index is 16.1. The van der Waals surface area contributed by atoms with Gasteiger partial charge in [0, 0.05) is 38.4 Å². The minimum atomic E-state index is -2.04. The van der Waals surface area contributed by atoms with Crippen LogP contribution in [-0.2, 0) is 30.1 Å². The third-order valence-corrected chi connectivity index (χ3v) is 18.2. The first kappa shape index (κ1) is 41.1. The molecule has 306 valence electrons. The number of pyridine rings is 1. The SMILES string of the molecule is CC(C)(C)OC(=O)N1C2C=C(c3ccc(-c4nc5cc(O[C@@H]6CO[C@H]7[C@@H]6OC[C@H]7O[Si](C)(C)C(C)(C)C)n(COCC[Si](C)(C)C)c5cc4F)cc3)CC1CC2. The van der Waals surface area contributed by atoms with Crippen molar-refractivity contribution in [1.82, 2.24) is 14.5 Å². The molecule has 6 heterocycles. The van der Waals surface area contributed by atoms with Crippen LogP contribution in [0.15, 0.2) is 42.5 Å². The van der Waals surface area contributed by atoms with E-state index in [-0.39, 0.29) is 60.1 Å². The number of aromatic nitrogens is 2. The molecule has 2 unspecified atom stereocenters. The number of amides is 1. The fourth-order valence-electron chi connectivity index (χ4n) is 7.92. The Morgan fingerprint density at radius 3 is 2.23 bits per heavy atom. The monoisotopic (exact) mass is 807 g/mol. The van der Waals surface area contributed by atoms with Crippen LogP contribution in [0.3, 0.4) is 0 Å². The van der Waals surface area contributed by atoms with Crippen LogP contribution >= 0.6 is 0 Å². The molecular formula is C43H62FN3O7Si2. The van der Waals surface area contributed by atoms with Gasteiger partial charge in [-0.1, -0.05) is 70.8 Å². The van der Waals surface area contributed by atoms with E-state index in [1.807, 2.05) is 60.6 Å². The molecule has 3 aromatic rings. The second-order valence-corrected chi connectivity index (χ2v) is 30.2. The maximum Gasteiger partial charge on any atom is 0.411 e. The van der Waals surface area contributed by atoms with E-state index < -0.39 is 27.8 Å². The summed E-state index contributed by atoms with van der Waals surface area (Å²) >= 11 is 0. The van der Waals surface area contributed by atoms with Gasteiger partial charge >= 0.3 is 6.09 Å². The van der Waals surface area contributed by atoms with Crippen LogP contribution in [0.4, 0.5) is 9.18 Å². The lowest BCUT2D eigenvalue weighted by molar-refractivity contribution is 0.00859. The van der Waals surface area contributed by atoms with Crippen molar-refractivity contribution in [2.24, 2.45) is 0 Å². The molecule has 4 aliphatic rings. The Balaban J connectivity index is 1.11. The normalized spacial score (nSPS) is 25.5. The number of hydrogen-bond acceptors (Lipinski definition) is 8. The Hall–Kier alpha value is -3.08. The quantitative estimate of drug-likeness (QED) is 0.140. The molecule has 4 aliphatic heterocycles. The van der Waals surface area contributed by atoms with Gasteiger partial charge in [0.2, 0.25) is 0 Å². The number of rotatable bonds is 11. The van der Waals surface area contributed by atoms with Gasteiger partial charge in [-0.25, -0.2) is 14.2 Å². The fraction of sp³-hybridized carbons (Fsp3) is 0.628. The van der Waals surface area contributed by atoms with Gasteiger partial charge in [-0.05, 0) is 75.3 Å². The molecule has 0 N–H and O–H groups in total. The molecular weight excluding hydrogens is 746 g/mol. The number of halogens is 1. The molecule has 1 aromatic carbocycles. The molecule has 3 saturated heterocycles. The summed E-state index contributed by atoms with van der Waals surface area (Å²) in [6.07, 6.45) is 3.56. The molecule has 10 nitrogen and oxygen atoms in total. The van der Waals surface area contributed by atoms with E-state index in [0.29, 0.717) is 42.3 Å². The molecule has 0 spiro atoms. The summed E-state index contributed by atoms with van der Waals surface area (Å²) < 4.78 is 55.9. The van der Waals surface area contributed by atoms with Crippen LogP contribution in [0.25, 0.3) is 27.9 Å². The molecule has 56 heavy (non-hydrogen) atoms. The van der Waals surface area contributed by atoms with E-state index >= 15 is 4.39 Å². The van der Waals surface area contributed by atoms with Crippen molar-refractivity contribution in [2.75, 3.05) is 19.8 Å². The van der Waals surface area contributed by atoms with Gasteiger partial charge in [-0.15, -0.1) is 0 Å². The maximum atomic E-state index is 16.1. The molecule has 0 radical (unpaired) electrons. The molecule has 3 fully saturated rings. The van der Waals surface area contributed by atoms with Crippen molar-refractivity contribution in [3.8, 4) is 17.1 Å². The topological polar surface area (TPSA) is 93.5 Å². The predicted octanol–water partition coefficient (Wildman–Crippen LogP) is 9.65. The van der Waals surface area contributed by atoms with E-state index in [2.05, 4.69) is 59.6 Å². The van der Waals surface area contributed by atoms with Gasteiger partial charge < -0.3 is 28.1 Å². The highest BCUT2D eigenvalue weighted by Crippen LogP contribution is 2.42. The van der Waals surface area contributed by atoms with E-state index in [1.54, 1.807) is 0 Å². The molecule has 0 aliphatic carbocycles. The van der Waals surface area contributed by atoms with Gasteiger partial charge in [-0.2, -0.15) is 0 Å². The summed E-state index contributed by atoms with van der Waals surface area (Å²) in [6, 6.07) is 12.5. The lowest BCUT2D eigenvalue weighted by Gasteiger charge is -2.39. The third kappa shape index (κ3) is 8.68. The number of nitrogens with zero attached hydrogens (tertiary/aromatic N) is 3. The third-order valence-electron chi connectivity index (χ3n) is 12.0. The lowest BCUT2D eigenvalue weighted by Crippen LogP contribution is -2.47. The van der Waals surface area contributed by atoms with Crippen molar-refractivity contribution in [2.45, 2.75) is 153 Å². The molecule has 2 bridgehead atoms. The van der Waals surface area contributed by atoms with E-state index in [0.717, 1.165) is 30.9 Å². The average molecular weight is 808 g/mol. The van der Waals surface area contributed by atoms with Gasteiger partial charge in [0.15, 0.2) is 26.1 Å². The van der Waals surface area contributed by atoms with Gasteiger partial charge in [0.25, 0.3) is 0 Å². The smallest absolute Gasteiger partial charge is 0.411 e. The number of fused-ring (bicyclic) bond motifs is 4. The Morgan fingerprint density at radius 2 is 1.59 bits per heavy atom. The molecule has 1 amide bonds. The van der Waals surface area contributed by atoms with Crippen molar-refractivity contribution in [1.29, 1.82) is 0 Å². The first-order valence-electron chi connectivity index (χ1n) is 20.4. The second-order valence-electron chi connectivity index (χ2n) is 19.8. The van der Waals surface area contributed by atoms with E-state index in [1.165, 1.54) is 11.6 Å². The van der Waals surface area contributed by atoms with Crippen molar-refractivity contribution in [3.05, 3.63) is 53.9 Å². The Morgan fingerprint density at radius 1 is 0.929 bits per heavy atom. The van der Waals surface area contributed by atoms with E-state index in [4.69, 9.17) is 33.1 Å². The number of benzene rings is 1. The number of hydrogen-bond donors (Lipinski definition) is 0. The first-order chi connectivity index (χ1) is 26.2. The van der Waals surface area contributed by atoms with E-state index in [9.17, 15) is 4.79 Å². The summed E-state index contributed by atoms with van der Waals surface area (Å²) in [4.78, 5) is 19.8. The van der Waals surface area contributed by atoms with Crippen LogP contribution in [0.5, 0.6) is 5.88 Å². The summed E-state index contributed by atoms with van der Waals surface area (Å²) in [5.41, 5.74) is 3.90. The minimum Gasteiger partial charge on any atom is -0.470 e. The highest BCUT2D eigenvalue weighted by Gasteiger charge is 2.52. The number of ether oxygens (including phenoxy) is 5. The molecule has 2 aromatic heterocycles. The Labute approximate surface area is 334 Å². The standard InChI is InChI=1S/C43H62FN3O7Si2/c1-42(2,3)53-41(48)47-30-16-17-31(47)21-29(20-30)27-12-14-28(15-13-27)38-32(44)22-34-33(45-38)23-37(46(34)26-49-18-19-55(7,8)9)52-35-24-50-40-36(25-51-39(35)40)54-56(10,11)43(4,5)6/h12-15,20,22-23,30-31,35-36,39-40H,16-19,21,24-26H2,1-11H3/t30?,31?,35-,36-,39-,40-/m1/s1. The van der Waals surface area contributed by atoms with Crippen LogP contribution in [0, 0.1) is 5.82 Å². The zero-order valence-corrected chi connectivity index (χ0v) is 37.2. The van der Waals surface area contributed by atoms with Gasteiger partial charge in [-0.3, -0.25) is 9.47 Å². The summed E-state index contributed by atoms with van der Waals surface area (Å²) in [5, 5.41) is 0.0684. The number of carbonyl (C=O) groups is 1. The van der Waals surface area contributed by atoms with Crippen LogP contribution < -0.4 is 4.74 Å². The van der Waals surface area contributed by atoms with Crippen molar-refractivity contribution < 1.29 is 37.3 Å². The van der Waals surface area contributed by atoms with Crippen molar-refractivity contribution >= 4 is 39.1 Å². The van der Waals surface area contributed by atoms with Gasteiger partial charge in [0.05, 0.1) is 36.4 Å². The summed E-state index contributed by atoms with van der Waals surface area (Å²) in [7, 11) is -3.36. The molecule has 6 atom stereocenters. The van der Waals surface area contributed by atoms with Crippen LogP contribution in [-0.4, -0.2) is 98.9 Å². The first-order valence-corrected chi connectivity index (χ1v) is 27.0. The number of carbonyl (C=O) groups excluding carboxylic acids is 1. The zero-order chi connectivity index (χ0) is 40.4. The highest BCUT2D eigenvalue weighted by molar-refractivity contribution is 6.76. The average Bonchev–Trinajstić information content (AvgIpc) is 3.83. The minimum absolute atomic E-state index is 0.0127. The molecule has 13 heteroatoms. The predicted molar refractivity (Wildman–Crippen MR) is 223 cm³/mol. The molecule has 0 saturated carbocycles. The van der Waals surface area contributed by atoms with Crippen molar-refractivity contribution in [3.63, 3.8) is 0 Å². The van der Waals surface area contributed by atoms with Crippen LogP contribution in [0.2, 0.25) is 43.8 Å². The summed E-state index contributed by atoms with van der Waals surface area (Å²) in [6.45, 7) is 25.5. The fourth-order valence-corrected chi connectivity index (χ4v) is 9.99. The Kier molecular flexibility index (Phi) is 11.2. The highest BCUT2D eigenvalue weighted by atomic mass is 28.4. The van der Waals surface area contributed by atoms with Crippen LogP contribution in [0.1, 0.15) is 66.4 Å². The second kappa shape index (κ2) is 15.3. The molecule has 7 rings (SSSR count). The Bertz CT molecular complexity index is 1950. The lowest BCUT2D eigenvalue weighted by atomic mass is 9.94. The summed E-state index contributed by atoms with van der Waals surface area (Å²) in [5.74, 6) is 0.119. The largest absolute Gasteiger partial charge is 0.470 e. The van der Waals surface area contributed by atoms with Gasteiger partial charge in [0.1, 0.15) is 30.2 Å².